The highest BCUT2D eigenvalue weighted by atomic mass is 127. The van der Waals surface area contributed by atoms with Crippen LogP contribution in [0, 0.1) is 10.5 Å². The average molecular weight is 632 g/mol. The van der Waals surface area contributed by atoms with Crippen LogP contribution >= 0.6 is 33.9 Å². The fraction of sp³-hybridized carbons (Fsp3) is 0.259. The number of thiazole rings is 1. The van der Waals surface area contributed by atoms with Gasteiger partial charge in [-0.15, -0.1) is 0 Å². The molecule has 10 heteroatoms. The standard InChI is InChI=1S/C27H25IN2O6S/c1-4-13-36-19-8-6-7-17(14-19)22(31)20-21(16-9-11-18(28)12-10-16)30(25(33)23(20)32)27-29-15(3)24(37-27)26(34)35-5-2/h6-12,14,21,31H,4-5,13H2,1-3H3/b22-20+. The van der Waals surface area contributed by atoms with Crippen molar-refractivity contribution in [2.45, 2.75) is 33.2 Å². The van der Waals surface area contributed by atoms with Gasteiger partial charge in [-0.05, 0) is 72.7 Å². The maximum absolute atomic E-state index is 13.4. The minimum Gasteiger partial charge on any atom is -0.507 e. The number of rotatable bonds is 8. The van der Waals surface area contributed by atoms with Gasteiger partial charge in [0.2, 0.25) is 0 Å². The molecule has 0 saturated carbocycles. The number of aryl methyl sites for hydroxylation is 1. The minimum atomic E-state index is -0.946. The summed E-state index contributed by atoms with van der Waals surface area (Å²) in [4.78, 5) is 45.1. The summed E-state index contributed by atoms with van der Waals surface area (Å²) in [6.07, 6.45) is 0.815. The summed E-state index contributed by atoms with van der Waals surface area (Å²) in [6.45, 7) is 6.03. The lowest BCUT2D eigenvalue weighted by atomic mass is 9.95. The van der Waals surface area contributed by atoms with Gasteiger partial charge in [0.15, 0.2) is 5.13 Å². The number of anilines is 1. The van der Waals surface area contributed by atoms with Gasteiger partial charge in [-0.3, -0.25) is 14.5 Å². The summed E-state index contributed by atoms with van der Waals surface area (Å²) < 4.78 is 11.8. The Bertz CT molecular complexity index is 1380. The van der Waals surface area contributed by atoms with Crippen molar-refractivity contribution in [2.24, 2.45) is 0 Å². The molecule has 192 valence electrons. The van der Waals surface area contributed by atoms with E-state index in [0.29, 0.717) is 29.2 Å². The Morgan fingerprint density at radius 2 is 1.89 bits per heavy atom. The third-order valence-electron chi connectivity index (χ3n) is 5.66. The van der Waals surface area contributed by atoms with E-state index in [-0.39, 0.29) is 27.9 Å². The quantitative estimate of drug-likeness (QED) is 0.113. The van der Waals surface area contributed by atoms with Crippen LogP contribution in [-0.4, -0.2) is 41.0 Å². The van der Waals surface area contributed by atoms with Crippen molar-refractivity contribution in [3.05, 3.63) is 79.4 Å². The van der Waals surface area contributed by atoms with Crippen molar-refractivity contribution in [3.8, 4) is 5.75 Å². The van der Waals surface area contributed by atoms with Crippen LogP contribution in [0.1, 0.15) is 52.8 Å². The van der Waals surface area contributed by atoms with Crippen molar-refractivity contribution >= 4 is 62.5 Å². The lowest BCUT2D eigenvalue weighted by molar-refractivity contribution is -0.132. The third kappa shape index (κ3) is 5.40. The van der Waals surface area contributed by atoms with Crippen LogP contribution in [0.4, 0.5) is 5.13 Å². The highest BCUT2D eigenvalue weighted by Crippen LogP contribution is 2.44. The molecular formula is C27H25IN2O6S. The third-order valence-corrected chi connectivity index (χ3v) is 7.52. The molecule has 0 bridgehead atoms. The van der Waals surface area contributed by atoms with E-state index in [1.807, 2.05) is 19.1 Å². The van der Waals surface area contributed by atoms with Crippen LogP contribution < -0.4 is 9.64 Å². The van der Waals surface area contributed by atoms with E-state index in [1.165, 1.54) is 4.90 Å². The van der Waals surface area contributed by atoms with Crippen molar-refractivity contribution in [1.29, 1.82) is 0 Å². The van der Waals surface area contributed by atoms with E-state index < -0.39 is 23.7 Å². The van der Waals surface area contributed by atoms with Crippen LogP contribution in [-0.2, 0) is 14.3 Å². The number of aliphatic hydroxyl groups is 1. The zero-order chi connectivity index (χ0) is 26.7. The van der Waals surface area contributed by atoms with Crippen molar-refractivity contribution in [1.82, 2.24) is 4.98 Å². The van der Waals surface area contributed by atoms with E-state index in [9.17, 15) is 19.5 Å². The summed E-state index contributed by atoms with van der Waals surface area (Å²) in [5, 5.41) is 11.5. The van der Waals surface area contributed by atoms with Gasteiger partial charge in [-0.2, -0.15) is 0 Å². The number of carbonyl (C=O) groups is 3. The first kappa shape index (κ1) is 26.8. The minimum absolute atomic E-state index is 0.0654. The number of carbonyl (C=O) groups excluding carboxylic acids is 3. The molecule has 1 N–H and O–H groups in total. The Hall–Kier alpha value is -3.25. The molecule has 1 aliphatic rings. The molecule has 2 heterocycles. The maximum Gasteiger partial charge on any atom is 0.350 e. The van der Waals surface area contributed by atoms with Gasteiger partial charge in [0.1, 0.15) is 16.4 Å². The fourth-order valence-electron chi connectivity index (χ4n) is 3.97. The molecular weight excluding hydrogens is 607 g/mol. The van der Waals surface area contributed by atoms with Crippen LogP contribution in [0.25, 0.3) is 5.76 Å². The second kappa shape index (κ2) is 11.4. The van der Waals surface area contributed by atoms with E-state index in [0.717, 1.165) is 21.3 Å². The Morgan fingerprint density at radius 1 is 1.16 bits per heavy atom. The molecule has 3 aromatic rings. The molecule has 1 amide bonds. The van der Waals surface area contributed by atoms with E-state index in [1.54, 1.807) is 50.2 Å². The number of ether oxygens (including phenoxy) is 2. The summed E-state index contributed by atoms with van der Waals surface area (Å²) >= 11 is 3.14. The molecule has 0 aliphatic carbocycles. The van der Waals surface area contributed by atoms with E-state index >= 15 is 0 Å². The lowest BCUT2D eigenvalue weighted by Gasteiger charge is -2.23. The molecule has 0 radical (unpaired) electrons. The average Bonchev–Trinajstić information content (AvgIpc) is 3.40. The number of nitrogens with zero attached hydrogens (tertiary/aromatic N) is 2. The monoisotopic (exact) mass is 632 g/mol. The topological polar surface area (TPSA) is 106 Å². The van der Waals surface area contributed by atoms with Crippen LogP contribution in [0.15, 0.2) is 54.1 Å². The number of hydrogen-bond acceptors (Lipinski definition) is 8. The van der Waals surface area contributed by atoms with Gasteiger partial charge in [-0.25, -0.2) is 9.78 Å². The van der Waals surface area contributed by atoms with Crippen molar-refractivity contribution in [3.63, 3.8) is 0 Å². The van der Waals surface area contributed by atoms with Crippen LogP contribution in [0.5, 0.6) is 5.75 Å². The number of benzene rings is 2. The number of aliphatic hydroxyl groups excluding tert-OH is 1. The Balaban J connectivity index is 1.87. The molecule has 8 nitrogen and oxygen atoms in total. The number of halogens is 1. The first-order chi connectivity index (χ1) is 17.8. The highest BCUT2D eigenvalue weighted by molar-refractivity contribution is 14.1. The van der Waals surface area contributed by atoms with Crippen molar-refractivity contribution in [2.75, 3.05) is 18.1 Å². The molecule has 1 unspecified atom stereocenters. The molecule has 1 aromatic heterocycles. The van der Waals surface area contributed by atoms with Crippen LogP contribution in [0.3, 0.4) is 0 Å². The summed E-state index contributed by atoms with van der Waals surface area (Å²) in [7, 11) is 0. The van der Waals surface area contributed by atoms with Gasteiger partial charge >= 0.3 is 11.9 Å². The zero-order valence-electron chi connectivity index (χ0n) is 20.5. The summed E-state index contributed by atoms with van der Waals surface area (Å²) in [5.41, 5.74) is 1.29. The number of hydrogen-bond donors (Lipinski definition) is 1. The predicted molar refractivity (Wildman–Crippen MR) is 149 cm³/mol. The lowest BCUT2D eigenvalue weighted by Crippen LogP contribution is -2.29. The second-order valence-corrected chi connectivity index (χ2v) is 10.5. The molecule has 1 fully saturated rings. The molecule has 4 rings (SSSR count). The van der Waals surface area contributed by atoms with E-state index in [2.05, 4.69) is 27.6 Å². The number of ketones is 1. The summed E-state index contributed by atoms with van der Waals surface area (Å²) in [5.74, 6) is -2.00. The Morgan fingerprint density at radius 3 is 2.57 bits per heavy atom. The van der Waals surface area contributed by atoms with Gasteiger partial charge in [0.25, 0.3) is 5.78 Å². The van der Waals surface area contributed by atoms with Crippen LogP contribution in [0.2, 0.25) is 0 Å². The SMILES string of the molecule is CCCOc1cccc(/C(O)=C2\C(=O)C(=O)N(c3nc(C)c(C(=O)OCC)s3)C2c2ccc(I)cc2)c1. The zero-order valence-corrected chi connectivity index (χ0v) is 23.5. The van der Waals surface area contributed by atoms with Gasteiger partial charge < -0.3 is 14.6 Å². The number of amides is 1. The fourth-order valence-corrected chi connectivity index (χ4v) is 5.32. The predicted octanol–water partition coefficient (Wildman–Crippen LogP) is 5.65. The second-order valence-electron chi connectivity index (χ2n) is 8.23. The highest BCUT2D eigenvalue weighted by Gasteiger charge is 2.48. The van der Waals surface area contributed by atoms with Crippen molar-refractivity contribution < 1.29 is 29.0 Å². The van der Waals surface area contributed by atoms with Gasteiger partial charge in [-0.1, -0.05) is 42.5 Å². The van der Waals surface area contributed by atoms with Gasteiger partial charge in [0.05, 0.1) is 30.5 Å². The normalized spacial score (nSPS) is 16.8. The van der Waals surface area contributed by atoms with Gasteiger partial charge in [0, 0.05) is 9.13 Å². The number of aromatic nitrogens is 1. The van der Waals surface area contributed by atoms with E-state index in [4.69, 9.17) is 9.47 Å². The molecule has 37 heavy (non-hydrogen) atoms. The Labute approximate surface area is 232 Å². The Kier molecular flexibility index (Phi) is 8.28. The molecule has 1 saturated heterocycles. The maximum atomic E-state index is 13.4. The first-order valence-corrected chi connectivity index (χ1v) is 13.6. The molecule has 0 spiro atoms. The number of esters is 1. The summed E-state index contributed by atoms with van der Waals surface area (Å²) in [6, 6.07) is 13.1. The molecule has 1 aliphatic heterocycles. The molecule has 1 atom stereocenters. The molecule has 2 aromatic carbocycles. The number of Topliss-reactive ketones (excluding diaryl/α,β-unsaturated/α-hetero) is 1. The largest absolute Gasteiger partial charge is 0.507 e. The smallest absolute Gasteiger partial charge is 0.350 e. The first-order valence-electron chi connectivity index (χ1n) is 11.7.